The maximum Gasteiger partial charge on any atom is 0.352 e. The number of aromatic hydroxyl groups is 1. The molecule has 0 spiro atoms. The van der Waals surface area contributed by atoms with Crippen molar-refractivity contribution in [1.82, 2.24) is 30.2 Å². The first-order chi connectivity index (χ1) is 6.25. The van der Waals surface area contributed by atoms with Crippen molar-refractivity contribution < 1.29 is 5.11 Å². The van der Waals surface area contributed by atoms with Crippen LogP contribution in [0.4, 0.5) is 0 Å². The average Bonchev–Trinajstić information content (AvgIpc) is 2.53. The highest BCUT2D eigenvalue weighted by Crippen LogP contribution is 2.00. The molecule has 0 unspecified atom stereocenters. The summed E-state index contributed by atoms with van der Waals surface area (Å²) in [6, 6.07) is -0.451. The Hall–Kier alpha value is -2.05. The van der Waals surface area contributed by atoms with Crippen LogP contribution in [0.2, 0.25) is 0 Å². The van der Waals surface area contributed by atoms with Crippen LogP contribution in [0.25, 0.3) is 5.95 Å². The predicted octanol–water partition coefficient (Wildman–Crippen LogP) is -0.534. The average molecular weight is 178 g/mol. The van der Waals surface area contributed by atoms with Gasteiger partial charge in [0.2, 0.25) is 0 Å². The van der Waals surface area contributed by atoms with E-state index in [9.17, 15) is 0 Å². The van der Waals surface area contributed by atoms with Crippen LogP contribution in [0.1, 0.15) is 5.56 Å². The Morgan fingerprint density at radius 1 is 1.23 bits per heavy atom. The smallest absolute Gasteiger partial charge is 0.352 e. The van der Waals surface area contributed by atoms with Crippen molar-refractivity contribution in [2.24, 2.45) is 0 Å². The van der Waals surface area contributed by atoms with E-state index in [0.29, 0.717) is 0 Å². The summed E-state index contributed by atoms with van der Waals surface area (Å²) in [5, 5.41) is 26.5. The van der Waals surface area contributed by atoms with E-state index in [1.807, 2.05) is 6.92 Å². The molecule has 2 rings (SSSR count). The molecular formula is C6H6N6O. The van der Waals surface area contributed by atoms with Crippen molar-refractivity contribution in [2.75, 3.05) is 0 Å². The molecule has 0 amide bonds. The van der Waals surface area contributed by atoms with Crippen molar-refractivity contribution in [3.05, 3.63) is 18.0 Å². The molecule has 2 aromatic heterocycles. The molecule has 0 aliphatic carbocycles. The molecule has 0 radical (unpaired) electrons. The molecule has 0 aromatic carbocycles. The topological polar surface area (TPSA) is 89.6 Å². The number of aryl methyl sites for hydroxylation is 1. The zero-order chi connectivity index (χ0) is 9.26. The van der Waals surface area contributed by atoms with Gasteiger partial charge in [-0.25, -0.2) is 4.68 Å². The number of aromatic nitrogens is 6. The molecule has 7 nitrogen and oxygen atoms in total. The summed E-state index contributed by atoms with van der Waals surface area (Å²) in [6.07, 6.45) is 3.39. The molecule has 0 fully saturated rings. The third-order valence-electron chi connectivity index (χ3n) is 1.37. The second-order valence-electron chi connectivity index (χ2n) is 2.46. The van der Waals surface area contributed by atoms with E-state index in [2.05, 4.69) is 25.5 Å². The van der Waals surface area contributed by atoms with Crippen LogP contribution in [0.15, 0.2) is 12.4 Å². The van der Waals surface area contributed by atoms with Gasteiger partial charge in [-0.2, -0.15) is 5.10 Å². The summed E-state index contributed by atoms with van der Waals surface area (Å²) in [7, 11) is 0. The van der Waals surface area contributed by atoms with Crippen LogP contribution in [-0.2, 0) is 0 Å². The fraction of sp³-hybridized carbons (Fsp3) is 0.167. The molecule has 0 atom stereocenters. The van der Waals surface area contributed by atoms with Crippen LogP contribution in [0.3, 0.4) is 0 Å². The van der Waals surface area contributed by atoms with E-state index >= 15 is 0 Å². The maximum atomic E-state index is 8.73. The molecule has 66 valence electrons. The summed E-state index contributed by atoms with van der Waals surface area (Å²) in [5.74, 6) is 0.228. The largest absolute Gasteiger partial charge is 0.477 e. The van der Waals surface area contributed by atoms with Gasteiger partial charge in [-0.05, 0) is 12.5 Å². The van der Waals surface area contributed by atoms with Crippen molar-refractivity contribution in [3.8, 4) is 12.0 Å². The summed E-state index contributed by atoms with van der Waals surface area (Å²) >= 11 is 0. The Kier molecular flexibility index (Phi) is 1.62. The van der Waals surface area contributed by atoms with Crippen molar-refractivity contribution in [1.29, 1.82) is 0 Å². The second-order valence-corrected chi connectivity index (χ2v) is 2.46. The maximum absolute atomic E-state index is 8.73. The van der Waals surface area contributed by atoms with Crippen molar-refractivity contribution in [2.45, 2.75) is 6.92 Å². The minimum absolute atomic E-state index is 0.228. The van der Waals surface area contributed by atoms with Gasteiger partial charge in [0.25, 0.3) is 5.95 Å². The summed E-state index contributed by atoms with van der Waals surface area (Å²) in [6.45, 7) is 1.89. The highest BCUT2D eigenvalue weighted by Gasteiger charge is 2.02. The molecule has 2 aromatic rings. The third-order valence-corrected chi connectivity index (χ3v) is 1.37. The normalized spacial score (nSPS) is 10.2. The fourth-order valence-corrected chi connectivity index (χ4v) is 0.833. The first-order valence-electron chi connectivity index (χ1n) is 3.54. The molecule has 0 aliphatic rings. The van der Waals surface area contributed by atoms with E-state index < -0.39 is 6.01 Å². The number of nitrogens with zero attached hydrogens (tertiary/aromatic N) is 6. The quantitative estimate of drug-likeness (QED) is 0.631. The molecule has 1 N–H and O–H groups in total. The lowest BCUT2D eigenvalue weighted by Gasteiger charge is -1.94. The van der Waals surface area contributed by atoms with Gasteiger partial charge >= 0.3 is 6.01 Å². The van der Waals surface area contributed by atoms with Gasteiger partial charge in [-0.3, -0.25) is 0 Å². The van der Waals surface area contributed by atoms with E-state index in [4.69, 9.17) is 5.11 Å². The van der Waals surface area contributed by atoms with Crippen LogP contribution >= 0.6 is 0 Å². The van der Waals surface area contributed by atoms with Gasteiger partial charge in [0.15, 0.2) is 0 Å². The van der Waals surface area contributed by atoms with Gasteiger partial charge in [-0.1, -0.05) is 10.2 Å². The van der Waals surface area contributed by atoms with Gasteiger partial charge in [0, 0.05) is 6.20 Å². The summed E-state index contributed by atoms with van der Waals surface area (Å²) in [5.41, 5.74) is 0.983. The Morgan fingerprint density at radius 2 is 1.92 bits per heavy atom. The van der Waals surface area contributed by atoms with E-state index in [1.165, 1.54) is 4.68 Å². The standard InChI is InChI=1S/C6H6N6O/c1-4-2-7-12(3-4)5-8-10-6(13)11-9-5/h2-3H,1H3,(H,10,11,13). The molecule has 0 saturated carbocycles. The lowest BCUT2D eigenvalue weighted by molar-refractivity contribution is 0.408. The molecule has 0 saturated heterocycles. The van der Waals surface area contributed by atoms with E-state index in [0.717, 1.165) is 5.56 Å². The Morgan fingerprint density at radius 3 is 2.46 bits per heavy atom. The minimum Gasteiger partial charge on any atom is -0.477 e. The van der Waals surface area contributed by atoms with Crippen LogP contribution in [-0.4, -0.2) is 35.3 Å². The molecule has 0 aliphatic heterocycles. The monoisotopic (exact) mass is 178 g/mol. The van der Waals surface area contributed by atoms with Crippen LogP contribution < -0.4 is 0 Å². The third kappa shape index (κ3) is 1.43. The Bertz CT molecular complexity index is 407. The highest BCUT2D eigenvalue weighted by atomic mass is 16.3. The molecule has 13 heavy (non-hydrogen) atoms. The lowest BCUT2D eigenvalue weighted by atomic mass is 10.4. The van der Waals surface area contributed by atoms with E-state index in [-0.39, 0.29) is 5.95 Å². The molecule has 7 heteroatoms. The summed E-state index contributed by atoms with van der Waals surface area (Å²) in [4.78, 5) is 0. The van der Waals surface area contributed by atoms with Gasteiger partial charge in [0.05, 0.1) is 6.20 Å². The van der Waals surface area contributed by atoms with E-state index in [1.54, 1.807) is 12.4 Å². The van der Waals surface area contributed by atoms with Crippen molar-refractivity contribution in [3.63, 3.8) is 0 Å². The number of rotatable bonds is 1. The Balaban J connectivity index is 2.41. The zero-order valence-corrected chi connectivity index (χ0v) is 6.79. The van der Waals surface area contributed by atoms with Crippen LogP contribution in [0.5, 0.6) is 6.01 Å². The van der Waals surface area contributed by atoms with Gasteiger partial charge in [-0.15, -0.1) is 10.2 Å². The first kappa shape index (κ1) is 7.59. The summed E-state index contributed by atoms with van der Waals surface area (Å²) < 4.78 is 1.43. The van der Waals surface area contributed by atoms with Gasteiger partial charge in [0.1, 0.15) is 0 Å². The molecule has 0 bridgehead atoms. The SMILES string of the molecule is Cc1cnn(-c2nnc(O)nn2)c1. The highest BCUT2D eigenvalue weighted by molar-refractivity contribution is 5.10. The molecular weight excluding hydrogens is 172 g/mol. The van der Waals surface area contributed by atoms with Gasteiger partial charge < -0.3 is 5.11 Å². The Labute approximate surface area is 73.1 Å². The lowest BCUT2D eigenvalue weighted by Crippen LogP contribution is -2.04. The first-order valence-corrected chi connectivity index (χ1v) is 3.54. The number of hydrogen-bond acceptors (Lipinski definition) is 6. The molecule has 2 heterocycles. The van der Waals surface area contributed by atoms with Crippen LogP contribution in [0, 0.1) is 6.92 Å². The zero-order valence-electron chi connectivity index (χ0n) is 6.79. The fourth-order valence-electron chi connectivity index (χ4n) is 0.833. The minimum atomic E-state index is -0.451. The predicted molar refractivity (Wildman–Crippen MR) is 41.1 cm³/mol. The second kappa shape index (κ2) is 2.77. The number of hydrogen-bond donors (Lipinski definition) is 1. The van der Waals surface area contributed by atoms with Crippen molar-refractivity contribution >= 4 is 0 Å².